The molecule has 0 saturated carbocycles. The van der Waals surface area contributed by atoms with Crippen LogP contribution in [0.5, 0.6) is 11.5 Å². The van der Waals surface area contributed by atoms with Crippen LogP contribution in [0.4, 0.5) is 0 Å². The summed E-state index contributed by atoms with van der Waals surface area (Å²) in [5.74, 6) is -0.874. The summed E-state index contributed by atoms with van der Waals surface area (Å²) in [6, 6.07) is 4.38. The van der Waals surface area contributed by atoms with E-state index in [2.05, 4.69) is 10.6 Å². The highest BCUT2D eigenvalue weighted by Crippen LogP contribution is 2.34. The minimum atomic E-state index is -3.90. The number of rotatable bonds is 7. The molecule has 29 heavy (non-hydrogen) atoms. The highest BCUT2D eigenvalue weighted by molar-refractivity contribution is 7.89. The molecule has 0 aliphatic carbocycles. The molecule has 1 atom stereocenters. The van der Waals surface area contributed by atoms with Gasteiger partial charge in [-0.3, -0.25) is 9.59 Å². The van der Waals surface area contributed by atoms with Crippen LogP contribution >= 0.6 is 0 Å². The lowest BCUT2D eigenvalue weighted by atomic mass is 10.3. The average Bonchev–Trinajstić information content (AvgIpc) is 3.21. The van der Waals surface area contributed by atoms with Crippen LogP contribution in [0.1, 0.15) is 0 Å². The Labute approximate surface area is 168 Å². The van der Waals surface area contributed by atoms with E-state index in [1.165, 1.54) is 19.2 Å². The van der Waals surface area contributed by atoms with Crippen molar-refractivity contribution in [2.45, 2.75) is 11.1 Å². The van der Waals surface area contributed by atoms with E-state index < -0.39 is 28.1 Å². The summed E-state index contributed by atoms with van der Waals surface area (Å²) in [4.78, 5) is 23.6. The van der Waals surface area contributed by atoms with Gasteiger partial charge in [0.05, 0.1) is 24.7 Å². The first kappa shape index (κ1) is 21.3. The largest absolute Gasteiger partial charge is 0.486 e. The van der Waals surface area contributed by atoms with E-state index in [0.717, 1.165) is 4.31 Å². The fourth-order valence-electron chi connectivity index (χ4n) is 2.87. The molecule has 12 heteroatoms. The molecule has 2 N–H and O–H groups in total. The minimum Gasteiger partial charge on any atom is -0.486 e. The van der Waals surface area contributed by atoms with Crippen LogP contribution in [-0.4, -0.2) is 83.9 Å². The third-order valence-corrected chi connectivity index (χ3v) is 6.18. The number of carbonyl (C=O) groups is 2. The number of fused-ring (bicyclic) bond motifs is 1. The first-order chi connectivity index (χ1) is 13.9. The van der Waals surface area contributed by atoms with Crippen molar-refractivity contribution in [2.75, 3.05) is 53.2 Å². The molecule has 1 aromatic rings. The van der Waals surface area contributed by atoms with Crippen molar-refractivity contribution in [1.29, 1.82) is 0 Å². The molecule has 0 unspecified atom stereocenters. The Morgan fingerprint density at radius 1 is 1.14 bits per heavy atom. The molecular weight excluding hydrogens is 406 g/mol. The highest BCUT2D eigenvalue weighted by Gasteiger charge is 2.37. The molecule has 1 aromatic carbocycles. The Hall–Kier alpha value is -2.41. The van der Waals surface area contributed by atoms with Gasteiger partial charge in [-0.2, -0.15) is 4.31 Å². The number of hydrogen-bond donors (Lipinski definition) is 2. The SMILES string of the molecule is COCCNC(=O)C(=O)NC[C@@H]1OCCN1S(=O)(=O)c1ccc2c(c1)OCCO2. The number of benzene rings is 1. The Balaban J connectivity index is 1.63. The van der Waals surface area contributed by atoms with Crippen LogP contribution in [0.15, 0.2) is 23.1 Å². The predicted molar refractivity (Wildman–Crippen MR) is 99.0 cm³/mol. The van der Waals surface area contributed by atoms with Crippen molar-refractivity contribution in [3.8, 4) is 11.5 Å². The second-order valence-corrected chi connectivity index (χ2v) is 8.10. The molecule has 2 heterocycles. The topological polar surface area (TPSA) is 132 Å². The van der Waals surface area contributed by atoms with E-state index in [1.54, 1.807) is 6.07 Å². The van der Waals surface area contributed by atoms with Gasteiger partial charge < -0.3 is 29.6 Å². The van der Waals surface area contributed by atoms with Crippen molar-refractivity contribution in [1.82, 2.24) is 14.9 Å². The summed E-state index contributed by atoms with van der Waals surface area (Å²) < 4.78 is 48.3. The summed E-state index contributed by atoms with van der Waals surface area (Å²) in [6.45, 7) is 1.33. The van der Waals surface area contributed by atoms with Crippen LogP contribution in [0.25, 0.3) is 0 Å². The molecule has 1 fully saturated rings. The molecule has 2 amide bonds. The minimum absolute atomic E-state index is 0.0286. The quantitative estimate of drug-likeness (QED) is 0.403. The zero-order valence-corrected chi connectivity index (χ0v) is 16.7. The summed E-state index contributed by atoms with van der Waals surface area (Å²) >= 11 is 0. The molecule has 160 valence electrons. The molecule has 2 aliphatic heterocycles. The second kappa shape index (κ2) is 9.39. The maximum atomic E-state index is 13.0. The summed E-state index contributed by atoms with van der Waals surface area (Å²) in [7, 11) is -2.43. The van der Waals surface area contributed by atoms with Gasteiger partial charge >= 0.3 is 11.8 Å². The van der Waals surface area contributed by atoms with Gasteiger partial charge in [-0.1, -0.05) is 0 Å². The number of amides is 2. The Bertz CT molecular complexity index is 860. The van der Waals surface area contributed by atoms with Crippen LogP contribution in [0.3, 0.4) is 0 Å². The molecule has 0 radical (unpaired) electrons. The van der Waals surface area contributed by atoms with Gasteiger partial charge in [0.25, 0.3) is 0 Å². The number of methoxy groups -OCH3 is 1. The standard InChI is InChI=1S/C17H23N3O8S/c1-25-6-4-18-16(21)17(22)19-11-15-20(5-7-28-15)29(23,24)12-2-3-13-14(10-12)27-9-8-26-13/h2-3,10,15H,4-9,11H2,1H3,(H,18,21)(H,19,22)/t15-/m0/s1. The maximum Gasteiger partial charge on any atom is 0.309 e. The zero-order valence-electron chi connectivity index (χ0n) is 15.9. The van der Waals surface area contributed by atoms with Crippen LogP contribution in [-0.2, 0) is 29.1 Å². The van der Waals surface area contributed by atoms with Crippen molar-refractivity contribution < 1.29 is 37.0 Å². The van der Waals surface area contributed by atoms with Gasteiger partial charge in [-0.05, 0) is 12.1 Å². The first-order valence-corrected chi connectivity index (χ1v) is 10.5. The molecule has 0 aromatic heterocycles. The van der Waals surface area contributed by atoms with Gasteiger partial charge in [0.15, 0.2) is 11.5 Å². The summed E-state index contributed by atoms with van der Waals surface area (Å²) in [5, 5.41) is 4.77. The predicted octanol–water partition coefficient (Wildman–Crippen LogP) is -1.32. The number of sulfonamides is 1. The fraction of sp³-hybridized carbons (Fsp3) is 0.529. The van der Waals surface area contributed by atoms with Gasteiger partial charge in [-0.25, -0.2) is 8.42 Å². The monoisotopic (exact) mass is 429 g/mol. The number of nitrogens with zero attached hydrogens (tertiary/aromatic N) is 1. The third kappa shape index (κ3) is 4.96. The number of nitrogens with one attached hydrogen (secondary N) is 2. The average molecular weight is 429 g/mol. The zero-order chi connectivity index (χ0) is 20.9. The number of ether oxygens (including phenoxy) is 4. The Morgan fingerprint density at radius 2 is 1.86 bits per heavy atom. The van der Waals surface area contributed by atoms with Crippen LogP contribution in [0.2, 0.25) is 0 Å². The summed E-state index contributed by atoms with van der Waals surface area (Å²) in [6.07, 6.45) is -0.927. The van der Waals surface area contributed by atoms with Crippen molar-refractivity contribution >= 4 is 21.8 Å². The molecule has 11 nitrogen and oxygen atoms in total. The summed E-state index contributed by atoms with van der Waals surface area (Å²) in [5.41, 5.74) is 0. The molecule has 3 rings (SSSR count). The Kier molecular flexibility index (Phi) is 6.90. The van der Waals surface area contributed by atoms with E-state index in [-0.39, 0.29) is 37.7 Å². The fourth-order valence-corrected chi connectivity index (χ4v) is 4.39. The Morgan fingerprint density at radius 3 is 2.62 bits per heavy atom. The smallest absolute Gasteiger partial charge is 0.309 e. The highest BCUT2D eigenvalue weighted by atomic mass is 32.2. The van der Waals surface area contributed by atoms with E-state index in [4.69, 9.17) is 18.9 Å². The normalized spacial score (nSPS) is 19.0. The van der Waals surface area contributed by atoms with Crippen molar-refractivity contribution in [3.63, 3.8) is 0 Å². The molecule has 0 spiro atoms. The maximum absolute atomic E-state index is 13.0. The lowest BCUT2D eigenvalue weighted by Gasteiger charge is -2.24. The molecular formula is C17H23N3O8S. The molecule has 2 aliphatic rings. The lowest BCUT2D eigenvalue weighted by molar-refractivity contribution is -0.139. The van der Waals surface area contributed by atoms with Gasteiger partial charge in [0.1, 0.15) is 19.4 Å². The second-order valence-electron chi connectivity index (χ2n) is 6.21. The van der Waals surface area contributed by atoms with Gasteiger partial charge in [0, 0.05) is 26.3 Å². The van der Waals surface area contributed by atoms with Crippen LogP contribution in [0, 0.1) is 0 Å². The van der Waals surface area contributed by atoms with E-state index >= 15 is 0 Å². The lowest BCUT2D eigenvalue weighted by Crippen LogP contribution is -2.47. The third-order valence-electron chi connectivity index (χ3n) is 4.30. The molecule has 1 saturated heterocycles. The van der Waals surface area contributed by atoms with Crippen molar-refractivity contribution in [3.05, 3.63) is 18.2 Å². The number of hydrogen-bond acceptors (Lipinski definition) is 8. The van der Waals surface area contributed by atoms with Gasteiger partial charge in [-0.15, -0.1) is 0 Å². The van der Waals surface area contributed by atoms with E-state index in [0.29, 0.717) is 24.7 Å². The van der Waals surface area contributed by atoms with Gasteiger partial charge in [0.2, 0.25) is 10.0 Å². The van der Waals surface area contributed by atoms with E-state index in [9.17, 15) is 18.0 Å². The van der Waals surface area contributed by atoms with Crippen LogP contribution < -0.4 is 20.1 Å². The van der Waals surface area contributed by atoms with Crippen molar-refractivity contribution in [2.24, 2.45) is 0 Å². The number of carbonyl (C=O) groups excluding carboxylic acids is 2. The molecule has 0 bridgehead atoms. The van der Waals surface area contributed by atoms with E-state index in [1.807, 2.05) is 0 Å². The first-order valence-electron chi connectivity index (χ1n) is 9.01.